The molecule has 25 heavy (non-hydrogen) atoms. The van der Waals surface area contributed by atoms with Gasteiger partial charge in [-0.05, 0) is 43.4 Å². The molecule has 8 heteroatoms. The first-order valence-electron chi connectivity index (χ1n) is 8.05. The Hall–Kier alpha value is -1.29. The minimum absolute atomic E-state index is 0. The molecule has 0 amide bonds. The summed E-state index contributed by atoms with van der Waals surface area (Å²) in [5.41, 5.74) is 1.08. The number of thioether (sulfide) groups is 1. The van der Waals surface area contributed by atoms with Gasteiger partial charge in [0.1, 0.15) is 5.82 Å². The lowest BCUT2D eigenvalue weighted by Gasteiger charge is -2.11. The van der Waals surface area contributed by atoms with Crippen LogP contribution >= 0.6 is 35.7 Å². The van der Waals surface area contributed by atoms with Gasteiger partial charge in [-0.2, -0.15) is 5.10 Å². The Balaban J connectivity index is 0.00000312. The smallest absolute Gasteiger partial charge is 0.191 e. The molecule has 0 bridgehead atoms. The number of aromatic nitrogens is 2. The number of hydrogen-bond donors (Lipinski definition) is 2. The van der Waals surface area contributed by atoms with Crippen LogP contribution in [0.5, 0.6) is 0 Å². The number of nitrogens with one attached hydrogen (secondary N) is 2. The number of nitrogens with zero attached hydrogens (tertiary/aromatic N) is 3. The molecule has 0 atom stereocenters. The van der Waals surface area contributed by atoms with Crippen LogP contribution in [0.25, 0.3) is 0 Å². The molecule has 0 radical (unpaired) electrons. The highest BCUT2D eigenvalue weighted by molar-refractivity contribution is 14.0. The molecule has 2 N–H and O–H groups in total. The molecule has 2 rings (SSSR count). The summed E-state index contributed by atoms with van der Waals surface area (Å²) in [5, 5.41) is 10.7. The molecule has 1 aromatic heterocycles. The second kappa shape index (κ2) is 12.1. The molecule has 0 aliphatic carbocycles. The van der Waals surface area contributed by atoms with Crippen molar-refractivity contribution >= 4 is 41.7 Å². The minimum atomic E-state index is -0.193. The normalized spacial score (nSPS) is 11.1. The number of guanidine groups is 1. The van der Waals surface area contributed by atoms with E-state index in [1.54, 1.807) is 16.4 Å². The third-order valence-corrected chi connectivity index (χ3v) is 4.32. The second-order valence-corrected chi connectivity index (χ2v) is 6.47. The molecule has 0 saturated heterocycles. The predicted molar refractivity (Wildman–Crippen MR) is 113 cm³/mol. The Bertz CT molecular complexity index is 645. The van der Waals surface area contributed by atoms with Crippen LogP contribution in [0.2, 0.25) is 0 Å². The van der Waals surface area contributed by atoms with Gasteiger partial charge in [0.05, 0.1) is 12.7 Å². The summed E-state index contributed by atoms with van der Waals surface area (Å²) in [6, 6.07) is 6.61. The third kappa shape index (κ3) is 8.57. The van der Waals surface area contributed by atoms with Crippen molar-refractivity contribution < 1.29 is 4.39 Å². The van der Waals surface area contributed by atoms with E-state index >= 15 is 0 Å². The number of aliphatic imine (C=N–C) groups is 1. The molecule has 0 unspecified atom stereocenters. The van der Waals surface area contributed by atoms with Crippen LogP contribution in [0.4, 0.5) is 4.39 Å². The third-order valence-electron chi connectivity index (χ3n) is 3.22. The summed E-state index contributed by atoms with van der Waals surface area (Å²) >= 11 is 1.73. The second-order valence-electron chi connectivity index (χ2n) is 5.30. The first-order chi connectivity index (χ1) is 11.7. The Kier molecular flexibility index (Phi) is 10.6. The number of halogens is 2. The SMILES string of the molecule is CCNC(=NCc1cnn(C)c1)NCCCSc1ccc(F)cc1.I. The molecule has 138 valence electrons. The standard InChI is InChI=1S/C17H24FN5S.HI/c1-3-19-17(21-11-14-12-22-23(2)13-14)20-9-4-10-24-16-7-5-15(18)6-8-16;/h5-8,12-13H,3-4,9-11H2,1-2H3,(H2,19,20,21);1H. The lowest BCUT2D eigenvalue weighted by atomic mass is 10.4. The molecule has 0 aliphatic heterocycles. The molecule has 2 aromatic rings. The van der Waals surface area contributed by atoms with Crippen molar-refractivity contribution in [2.75, 3.05) is 18.8 Å². The zero-order valence-corrected chi connectivity index (χ0v) is 17.7. The van der Waals surface area contributed by atoms with Crippen LogP contribution < -0.4 is 10.6 Å². The quantitative estimate of drug-likeness (QED) is 0.201. The lowest BCUT2D eigenvalue weighted by molar-refractivity contribution is 0.626. The molecule has 5 nitrogen and oxygen atoms in total. The Morgan fingerprint density at radius 2 is 2.04 bits per heavy atom. The summed E-state index contributed by atoms with van der Waals surface area (Å²) in [4.78, 5) is 5.65. The molecule has 1 aromatic carbocycles. The molecule has 0 saturated carbocycles. The number of rotatable bonds is 8. The van der Waals surface area contributed by atoms with Gasteiger partial charge in [-0.15, -0.1) is 35.7 Å². The van der Waals surface area contributed by atoms with Crippen molar-refractivity contribution in [1.29, 1.82) is 0 Å². The van der Waals surface area contributed by atoms with E-state index in [9.17, 15) is 4.39 Å². The molecular formula is C17H25FIN5S. The fourth-order valence-corrected chi connectivity index (χ4v) is 2.92. The predicted octanol–water partition coefficient (Wildman–Crippen LogP) is 3.41. The van der Waals surface area contributed by atoms with E-state index in [1.165, 1.54) is 12.1 Å². The Morgan fingerprint density at radius 1 is 1.28 bits per heavy atom. The van der Waals surface area contributed by atoms with Crippen molar-refractivity contribution in [3.05, 3.63) is 48.0 Å². The average Bonchev–Trinajstić information content (AvgIpc) is 2.99. The first kappa shape index (κ1) is 21.8. The summed E-state index contributed by atoms with van der Waals surface area (Å²) < 4.78 is 14.6. The van der Waals surface area contributed by atoms with Crippen LogP contribution in [0.1, 0.15) is 18.9 Å². The maximum atomic E-state index is 12.8. The number of benzene rings is 1. The molecule has 0 aliphatic rings. The van der Waals surface area contributed by atoms with E-state index in [1.807, 2.05) is 38.5 Å². The van der Waals surface area contributed by atoms with Crippen LogP contribution in [0, 0.1) is 5.82 Å². The van der Waals surface area contributed by atoms with Gasteiger partial charge in [0, 0.05) is 36.8 Å². The van der Waals surface area contributed by atoms with Gasteiger partial charge >= 0.3 is 0 Å². The van der Waals surface area contributed by atoms with E-state index in [4.69, 9.17) is 0 Å². The van der Waals surface area contributed by atoms with E-state index in [2.05, 4.69) is 20.7 Å². The molecule has 0 spiro atoms. The van der Waals surface area contributed by atoms with Gasteiger partial charge in [0.15, 0.2) is 5.96 Å². The molecule has 1 heterocycles. The zero-order valence-electron chi connectivity index (χ0n) is 14.5. The zero-order chi connectivity index (χ0) is 17.2. The van der Waals surface area contributed by atoms with Crippen LogP contribution in [-0.4, -0.2) is 34.6 Å². The summed E-state index contributed by atoms with van der Waals surface area (Å²) in [7, 11) is 1.90. The number of hydrogen-bond acceptors (Lipinski definition) is 3. The van der Waals surface area contributed by atoms with Crippen LogP contribution in [-0.2, 0) is 13.6 Å². The number of aryl methyl sites for hydroxylation is 1. The van der Waals surface area contributed by atoms with E-state index < -0.39 is 0 Å². The molecular weight excluding hydrogens is 452 g/mol. The molecule has 0 fully saturated rings. The highest BCUT2D eigenvalue weighted by Gasteiger charge is 2.00. The fraction of sp³-hybridized carbons (Fsp3) is 0.412. The van der Waals surface area contributed by atoms with E-state index in [0.29, 0.717) is 6.54 Å². The average molecular weight is 477 g/mol. The lowest BCUT2D eigenvalue weighted by Crippen LogP contribution is -2.37. The van der Waals surface area contributed by atoms with E-state index in [-0.39, 0.29) is 29.8 Å². The van der Waals surface area contributed by atoms with Crippen molar-refractivity contribution in [3.8, 4) is 0 Å². The Morgan fingerprint density at radius 3 is 2.68 bits per heavy atom. The van der Waals surface area contributed by atoms with Crippen molar-refractivity contribution in [2.45, 2.75) is 24.8 Å². The monoisotopic (exact) mass is 477 g/mol. The maximum Gasteiger partial charge on any atom is 0.191 e. The van der Waals surface area contributed by atoms with Gasteiger partial charge < -0.3 is 10.6 Å². The largest absolute Gasteiger partial charge is 0.357 e. The Labute approximate surface area is 169 Å². The minimum Gasteiger partial charge on any atom is -0.357 e. The van der Waals surface area contributed by atoms with E-state index in [0.717, 1.165) is 41.7 Å². The summed E-state index contributed by atoms with van der Waals surface area (Å²) in [6.07, 6.45) is 4.79. The fourth-order valence-electron chi connectivity index (χ4n) is 2.07. The first-order valence-corrected chi connectivity index (χ1v) is 9.04. The summed E-state index contributed by atoms with van der Waals surface area (Å²) in [6.45, 7) is 4.31. The van der Waals surface area contributed by atoms with Gasteiger partial charge in [-0.1, -0.05) is 0 Å². The van der Waals surface area contributed by atoms with Crippen molar-refractivity contribution in [1.82, 2.24) is 20.4 Å². The van der Waals surface area contributed by atoms with Crippen molar-refractivity contribution in [3.63, 3.8) is 0 Å². The van der Waals surface area contributed by atoms with Crippen LogP contribution in [0.15, 0.2) is 46.5 Å². The highest BCUT2D eigenvalue weighted by atomic mass is 127. The van der Waals surface area contributed by atoms with Gasteiger partial charge in [0.2, 0.25) is 0 Å². The van der Waals surface area contributed by atoms with Gasteiger partial charge in [-0.25, -0.2) is 9.38 Å². The van der Waals surface area contributed by atoms with Gasteiger partial charge in [0.25, 0.3) is 0 Å². The van der Waals surface area contributed by atoms with Gasteiger partial charge in [-0.3, -0.25) is 4.68 Å². The topological polar surface area (TPSA) is 54.2 Å². The summed E-state index contributed by atoms with van der Waals surface area (Å²) in [5.74, 6) is 1.59. The highest BCUT2D eigenvalue weighted by Crippen LogP contribution is 2.18. The van der Waals surface area contributed by atoms with Crippen LogP contribution in [0.3, 0.4) is 0 Å². The maximum absolute atomic E-state index is 12.8. The van der Waals surface area contributed by atoms with Crippen molar-refractivity contribution in [2.24, 2.45) is 12.0 Å².